The van der Waals surface area contributed by atoms with Gasteiger partial charge in [-0.1, -0.05) is 18.2 Å². The number of aryl methyl sites for hydroxylation is 1. The van der Waals surface area contributed by atoms with Crippen molar-refractivity contribution in [2.24, 2.45) is 0 Å². The summed E-state index contributed by atoms with van der Waals surface area (Å²) in [6.45, 7) is 1.75. The van der Waals surface area contributed by atoms with E-state index >= 15 is 0 Å². The summed E-state index contributed by atoms with van der Waals surface area (Å²) < 4.78 is 31.0. The van der Waals surface area contributed by atoms with E-state index in [9.17, 15) is 18.0 Å². The molecule has 0 spiro atoms. The van der Waals surface area contributed by atoms with Crippen LogP contribution >= 0.6 is 0 Å². The van der Waals surface area contributed by atoms with Crippen LogP contribution in [-0.4, -0.2) is 81.7 Å². The SMILES string of the molecule is COc1ccc(CCC(=O)N2CCN(C(=O)c3cccc(S(=O)(=O)N(C)C)c3)CC2)cc1. The van der Waals surface area contributed by atoms with Crippen LogP contribution in [0, 0.1) is 0 Å². The molecule has 32 heavy (non-hydrogen) atoms. The van der Waals surface area contributed by atoms with Gasteiger partial charge >= 0.3 is 0 Å². The Morgan fingerprint density at radius 3 is 2.19 bits per heavy atom. The number of carbonyl (C=O) groups excluding carboxylic acids is 2. The molecule has 2 amide bonds. The van der Waals surface area contributed by atoms with E-state index < -0.39 is 10.0 Å². The highest BCUT2D eigenvalue weighted by molar-refractivity contribution is 7.89. The van der Waals surface area contributed by atoms with Crippen LogP contribution in [0.15, 0.2) is 53.4 Å². The number of ether oxygens (including phenoxy) is 1. The molecule has 2 aromatic carbocycles. The smallest absolute Gasteiger partial charge is 0.254 e. The molecular weight excluding hydrogens is 430 g/mol. The van der Waals surface area contributed by atoms with Gasteiger partial charge in [0.15, 0.2) is 0 Å². The van der Waals surface area contributed by atoms with Crippen molar-refractivity contribution in [3.8, 4) is 5.75 Å². The van der Waals surface area contributed by atoms with Crippen molar-refractivity contribution in [1.82, 2.24) is 14.1 Å². The molecule has 0 unspecified atom stereocenters. The van der Waals surface area contributed by atoms with Gasteiger partial charge in [0.25, 0.3) is 5.91 Å². The van der Waals surface area contributed by atoms with Gasteiger partial charge in [0.1, 0.15) is 5.75 Å². The maximum atomic E-state index is 12.9. The van der Waals surface area contributed by atoms with E-state index in [0.717, 1.165) is 15.6 Å². The van der Waals surface area contributed by atoms with Crippen LogP contribution in [0.3, 0.4) is 0 Å². The molecule has 1 fully saturated rings. The Morgan fingerprint density at radius 2 is 1.59 bits per heavy atom. The highest BCUT2D eigenvalue weighted by Crippen LogP contribution is 2.18. The Morgan fingerprint density at radius 1 is 0.969 bits per heavy atom. The van der Waals surface area contributed by atoms with Gasteiger partial charge in [0, 0.05) is 52.3 Å². The zero-order valence-corrected chi connectivity index (χ0v) is 19.5. The van der Waals surface area contributed by atoms with E-state index in [0.29, 0.717) is 44.6 Å². The normalized spacial score (nSPS) is 14.5. The fraction of sp³-hybridized carbons (Fsp3) is 0.391. The number of hydrogen-bond acceptors (Lipinski definition) is 5. The molecule has 1 saturated heterocycles. The first-order valence-electron chi connectivity index (χ1n) is 10.4. The average Bonchev–Trinajstić information content (AvgIpc) is 2.82. The lowest BCUT2D eigenvalue weighted by atomic mass is 10.1. The van der Waals surface area contributed by atoms with Crippen molar-refractivity contribution in [2.45, 2.75) is 17.7 Å². The summed E-state index contributed by atoms with van der Waals surface area (Å²) >= 11 is 0. The second-order valence-corrected chi connectivity index (χ2v) is 9.99. The predicted molar refractivity (Wildman–Crippen MR) is 121 cm³/mol. The van der Waals surface area contributed by atoms with E-state index in [1.54, 1.807) is 29.0 Å². The van der Waals surface area contributed by atoms with Crippen molar-refractivity contribution in [1.29, 1.82) is 0 Å². The van der Waals surface area contributed by atoms with Crippen LogP contribution in [-0.2, 0) is 21.2 Å². The van der Waals surface area contributed by atoms with Gasteiger partial charge in [0.05, 0.1) is 12.0 Å². The van der Waals surface area contributed by atoms with E-state index in [2.05, 4.69) is 0 Å². The van der Waals surface area contributed by atoms with Crippen molar-refractivity contribution >= 4 is 21.8 Å². The zero-order valence-electron chi connectivity index (χ0n) is 18.7. The number of sulfonamides is 1. The van der Waals surface area contributed by atoms with Crippen molar-refractivity contribution in [2.75, 3.05) is 47.4 Å². The molecule has 1 aliphatic rings. The minimum Gasteiger partial charge on any atom is -0.497 e. The Hall–Kier alpha value is -2.91. The third kappa shape index (κ3) is 5.46. The summed E-state index contributed by atoms with van der Waals surface area (Å²) in [6, 6.07) is 13.7. The Kier molecular flexibility index (Phi) is 7.52. The second-order valence-electron chi connectivity index (χ2n) is 7.84. The highest BCUT2D eigenvalue weighted by atomic mass is 32.2. The molecule has 0 aromatic heterocycles. The Labute approximate surface area is 189 Å². The molecule has 172 valence electrons. The van der Waals surface area contributed by atoms with Crippen LogP contribution in [0.5, 0.6) is 5.75 Å². The quantitative estimate of drug-likeness (QED) is 0.631. The van der Waals surface area contributed by atoms with Crippen LogP contribution < -0.4 is 4.74 Å². The molecule has 0 atom stereocenters. The molecule has 1 heterocycles. The molecule has 8 nitrogen and oxygen atoms in total. The molecule has 0 aliphatic carbocycles. The van der Waals surface area contributed by atoms with Gasteiger partial charge in [-0.05, 0) is 42.3 Å². The summed E-state index contributed by atoms with van der Waals surface area (Å²) in [7, 11) is 0.908. The fourth-order valence-electron chi connectivity index (χ4n) is 3.54. The first-order valence-corrected chi connectivity index (χ1v) is 11.9. The van der Waals surface area contributed by atoms with Gasteiger partial charge in [-0.2, -0.15) is 0 Å². The minimum absolute atomic E-state index is 0.0620. The number of hydrogen-bond donors (Lipinski definition) is 0. The van der Waals surface area contributed by atoms with Gasteiger partial charge < -0.3 is 14.5 Å². The Bertz CT molecular complexity index is 1060. The summed E-state index contributed by atoms with van der Waals surface area (Å²) in [5.41, 5.74) is 1.40. The first kappa shape index (κ1) is 23.7. The molecule has 0 N–H and O–H groups in total. The number of benzene rings is 2. The summed E-state index contributed by atoms with van der Waals surface area (Å²) in [4.78, 5) is 29.0. The molecule has 2 aromatic rings. The zero-order chi connectivity index (χ0) is 23.3. The van der Waals surface area contributed by atoms with E-state index in [1.165, 1.54) is 26.2 Å². The molecule has 0 radical (unpaired) electrons. The molecular formula is C23H29N3O5S. The average molecular weight is 460 g/mol. The lowest BCUT2D eigenvalue weighted by Gasteiger charge is -2.35. The largest absolute Gasteiger partial charge is 0.497 e. The summed E-state index contributed by atoms with van der Waals surface area (Å²) in [5.74, 6) is 0.615. The first-order chi connectivity index (χ1) is 15.2. The van der Waals surface area contributed by atoms with E-state index in [1.807, 2.05) is 24.3 Å². The lowest BCUT2D eigenvalue weighted by molar-refractivity contribution is -0.132. The van der Waals surface area contributed by atoms with Gasteiger partial charge in [0.2, 0.25) is 15.9 Å². The maximum absolute atomic E-state index is 12.9. The third-order valence-electron chi connectivity index (χ3n) is 5.57. The maximum Gasteiger partial charge on any atom is 0.254 e. The lowest BCUT2D eigenvalue weighted by Crippen LogP contribution is -2.50. The van der Waals surface area contributed by atoms with Crippen LogP contribution in [0.4, 0.5) is 0 Å². The summed E-state index contributed by atoms with van der Waals surface area (Å²) in [6.07, 6.45) is 1.06. The molecule has 1 aliphatic heterocycles. The van der Waals surface area contributed by atoms with Crippen LogP contribution in [0.25, 0.3) is 0 Å². The van der Waals surface area contributed by atoms with Crippen LogP contribution in [0.1, 0.15) is 22.3 Å². The minimum atomic E-state index is -3.61. The highest BCUT2D eigenvalue weighted by Gasteiger charge is 2.26. The number of nitrogens with zero attached hydrogens (tertiary/aromatic N) is 3. The molecule has 0 saturated carbocycles. The molecule has 9 heteroatoms. The number of rotatable bonds is 7. The van der Waals surface area contributed by atoms with Gasteiger partial charge in [-0.3, -0.25) is 9.59 Å². The van der Waals surface area contributed by atoms with Gasteiger partial charge in [-0.15, -0.1) is 0 Å². The summed E-state index contributed by atoms with van der Waals surface area (Å²) in [5, 5.41) is 0. The Balaban J connectivity index is 1.54. The number of piperazine rings is 1. The monoisotopic (exact) mass is 459 g/mol. The van der Waals surface area contributed by atoms with E-state index in [4.69, 9.17) is 4.74 Å². The second kappa shape index (κ2) is 10.1. The molecule has 3 rings (SSSR count). The van der Waals surface area contributed by atoms with Gasteiger partial charge in [-0.25, -0.2) is 12.7 Å². The number of carbonyl (C=O) groups is 2. The fourth-order valence-corrected chi connectivity index (χ4v) is 4.49. The van der Waals surface area contributed by atoms with Crippen molar-refractivity contribution in [3.63, 3.8) is 0 Å². The standard InChI is InChI=1S/C23H29N3O5S/c1-24(2)32(29,30)21-6-4-5-19(17-21)23(28)26-15-13-25(14-16-26)22(27)12-9-18-7-10-20(31-3)11-8-18/h4-8,10-11,17H,9,12-16H2,1-3H3. The van der Waals surface area contributed by atoms with Crippen molar-refractivity contribution < 1.29 is 22.7 Å². The third-order valence-corrected chi connectivity index (χ3v) is 7.38. The number of amides is 2. The predicted octanol–water partition coefficient (Wildman–Crippen LogP) is 1.86. The molecule has 0 bridgehead atoms. The number of methoxy groups -OCH3 is 1. The topological polar surface area (TPSA) is 87.2 Å². The van der Waals surface area contributed by atoms with Crippen molar-refractivity contribution in [3.05, 3.63) is 59.7 Å². The van der Waals surface area contributed by atoms with Crippen LogP contribution in [0.2, 0.25) is 0 Å². The van der Waals surface area contributed by atoms with E-state index in [-0.39, 0.29) is 16.7 Å².